The lowest BCUT2D eigenvalue weighted by molar-refractivity contribution is -0.0319. The van der Waals surface area contributed by atoms with Gasteiger partial charge in [0, 0.05) is 20.2 Å². The summed E-state index contributed by atoms with van der Waals surface area (Å²) in [5.41, 5.74) is -0.323. The quantitative estimate of drug-likeness (QED) is 0.700. The standard InChI is InChI=1S/C12H26N2O3S/c1-12(17-3)7-6-9-14(11-12)18(15,16)10-5-4-8-13-2/h13H,4-11H2,1-3H3. The van der Waals surface area contributed by atoms with Crippen LogP contribution in [0.15, 0.2) is 0 Å². The number of nitrogens with zero attached hydrogens (tertiary/aromatic N) is 1. The van der Waals surface area contributed by atoms with Gasteiger partial charge in [0.05, 0.1) is 11.4 Å². The van der Waals surface area contributed by atoms with Gasteiger partial charge in [-0.2, -0.15) is 4.31 Å². The van der Waals surface area contributed by atoms with E-state index in [0.717, 1.165) is 25.8 Å². The number of unbranched alkanes of at least 4 members (excludes halogenated alkanes) is 1. The van der Waals surface area contributed by atoms with E-state index in [1.807, 2.05) is 14.0 Å². The Morgan fingerprint density at radius 3 is 2.72 bits per heavy atom. The van der Waals surface area contributed by atoms with Crippen molar-refractivity contribution in [2.24, 2.45) is 0 Å². The van der Waals surface area contributed by atoms with E-state index < -0.39 is 10.0 Å². The third-order valence-corrected chi connectivity index (χ3v) is 5.49. The van der Waals surface area contributed by atoms with Crippen molar-refractivity contribution in [1.82, 2.24) is 9.62 Å². The highest BCUT2D eigenvalue weighted by molar-refractivity contribution is 7.89. The third kappa shape index (κ3) is 4.50. The second kappa shape index (κ2) is 6.84. The molecule has 6 heteroatoms. The van der Waals surface area contributed by atoms with Crippen LogP contribution in [0.5, 0.6) is 0 Å². The van der Waals surface area contributed by atoms with Crippen LogP contribution in [0.1, 0.15) is 32.6 Å². The Balaban J connectivity index is 2.51. The van der Waals surface area contributed by atoms with Crippen molar-refractivity contribution in [3.8, 4) is 0 Å². The van der Waals surface area contributed by atoms with E-state index in [1.165, 1.54) is 0 Å². The molecule has 1 rings (SSSR count). The minimum Gasteiger partial charge on any atom is -0.377 e. The number of nitrogens with one attached hydrogen (secondary N) is 1. The Bertz CT molecular complexity index is 345. The van der Waals surface area contributed by atoms with Gasteiger partial charge in [0.15, 0.2) is 0 Å². The molecule has 0 spiro atoms. The zero-order chi connectivity index (χ0) is 13.6. The monoisotopic (exact) mass is 278 g/mol. The molecule has 0 aromatic rings. The highest BCUT2D eigenvalue weighted by atomic mass is 32.2. The predicted molar refractivity (Wildman–Crippen MR) is 73.2 cm³/mol. The molecule has 1 fully saturated rings. The summed E-state index contributed by atoms with van der Waals surface area (Å²) in [5, 5.41) is 3.03. The van der Waals surface area contributed by atoms with Crippen molar-refractivity contribution in [1.29, 1.82) is 0 Å². The van der Waals surface area contributed by atoms with Crippen molar-refractivity contribution >= 4 is 10.0 Å². The maximum atomic E-state index is 12.2. The molecule has 0 amide bonds. The van der Waals surface area contributed by atoms with Crippen molar-refractivity contribution < 1.29 is 13.2 Å². The number of hydrogen-bond donors (Lipinski definition) is 1. The summed E-state index contributed by atoms with van der Waals surface area (Å²) in [6.45, 7) is 3.96. The first-order valence-electron chi connectivity index (χ1n) is 6.61. The van der Waals surface area contributed by atoms with Crippen LogP contribution in [0, 0.1) is 0 Å². The largest absolute Gasteiger partial charge is 0.377 e. The molecule has 1 unspecified atom stereocenters. The molecule has 1 aliphatic rings. The molecule has 1 heterocycles. The zero-order valence-corrected chi connectivity index (χ0v) is 12.6. The molecule has 0 saturated carbocycles. The van der Waals surface area contributed by atoms with E-state index in [-0.39, 0.29) is 11.4 Å². The van der Waals surface area contributed by atoms with Gasteiger partial charge in [0.25, 0.3) is 0 Å². The first-order chi connectivity index (χ1) is 8.43. The van der Waals surface area contributed by atoms with Gasteiger partial charge in [-0.1, -0.05) is 0 Å². The van der Waals surface area contributed by atoms with Crippen molar-refractivity contribution in [2.75, 3.05) is 39.5 Å². The molecular weight excluding hydrogens is 252 g/mol. The maximum Gasteiger partial charge on any atom is 0.214 e. The molecular formula is C12H26N2O3S. The number of sulfonamides is 1. The summed E-state index contributed by atoms with van der Waals surface area (Å²) in [7, 11) is 0.415. The minimum absolute atomic E-state index is 0.245. The SMILES string of the molecule is CNCCCCS(=O)(=O)N1CCCC(C)(OC)C1. The first-order valence-corrected chi connectivity index (χ1v) is 8.22. The van der Waals surface area contributed by atoms with Crippen molar-refractivity contribution in [3.63, 3.8) is 0 Å². The number of ether oxygens (including phenoxy) is 1. The Morgan fingerprint density at radius 2 is 2.11 bits per heavy atom. The summed E-state index contributed by atoms with van der Waals surface area (Å²) in [6, 6.07) is 0. The highest BCUT2D eigenvalue weighted by Gasteiger charge is 2.35. The van der Waals surface area contributed by atoms with Crippen LogP contribution >= 0.6 is 0 Å². The Kier molecular flexibility index (Phi) is 6.04. The fraction of sp³-hybridized carbons (Fsp3) is 1.00. The smallest absolute Gasteiger partial charge is 0.214 e. The molecule has 0 aromatic carbocycles. The van der Waals surface area contributed by atoms with Crippen LogP contribution in [0.3, 0.4) is 0 Å². The normalized spacial score (nSPS) is 26.4. The van der Waals surface area contributed by atoms with Crippen LogP contribution < -0.4 is 5.32 Å². The molecule has 1 aliphatic heterocycles. The van der Waals surface area contributed by atoms with Gasteiger partial charge in [-0.25, -0.2) is 8.42 Å². The first kappa shape index (κ1) is 15.9. The number of piperidine rings is 1. The van der Waals surface area contributed by atoms with Crippen LogP contribution in [-0.4, -0.2) is 57.9 Å². The minimum atomic E-state index is -3.12. The van der Waals surface area contributed by atoms with Gasteiger partial charge >= 0.3 is 0 Å². The molecule has 1 N–H and O–H groups in total. The molecule has 18 heavy (non-hydrogen) atoms. The summed E-state index contributed by atoms with van der Waals surface area (Å²) in [4.78, 5) is 0. The van der Waals surface area contributed by atoms with E-state index in [9.17, 15) is 8.42 Å². The highest BCUT2D eigenvalue weighted by Crippen LogP contribution is 2.26. The molecule has 1 saturated heterocycles. The number of methoxy groups -OCH3 is 1. The second-order valence-corrected chi connectivity index (χ2v) is 7.31. The van der Waals surface area contributed by atoms with Crippen LogP contribution in [0.2, 0.25) is 0 Å². The fourth-order valence-corrected chi connectivity index (χ4v) is 3.98. The van der Waals surface area contributed by atoms with Gasteiger partial charge in [-0.05, 0) is 46.2 Å². The third-order valence-electron chi connectivity index (χ3n) is 3.59. The van der Waals surface area contributed by atoms with Crippen LogP contribution in [0.25, 0.3) is 0 Å². The van der Waals surface area contributed by atoms with E-state index in [0.29, 0.717) is 19.5 Å². The van der Waals surface area contributed by atoms with Gasteiger partial charge in [0.1, 0.15) is 0 Å². The van der Waals surface area contributed by atoms with E-state index >= 15 is 0 Å². The lowest BCUT2D eigenvalue weighted by Crippen LogP contribution is -2.50. The van der Waals surface area contributed by atoms with E-state index in [4.69, 9.17) is 4.74 Å². The molecule has 1 atom stereocenters. The van der Waals surface area contributed by atoms with Crippen LogP contribution in [-0.2, 0) is 14.8 Å². The van der Waals surface area contributed by atoms with Gasteiger partial charge in [-0.15, -0.1) is 0 Å². The number of hydrogen-bond acceptors (Lipinski definition) is 4. The molecule has 5 nitrogen and oxygen atoms in total. The fourth-order valence-electron chi connectivity index (χ4n) is 2.28. The molecule has 108 valence electrons. The second-order valence-electron chi connectivity index (χ2n) is 5.22. The van der Waals surface area contributed by atoms with E-state index in [1.54, 1.807) is 11.4 Å². The summed E-state index contributed by atoms with van der Waals surface area (Å²) in [5.74, 6) is 0.245. The Labute approximate surface area is 111 Å². The lowest BCUT2D eigenvalue weighted by atomic mass is 9.96. The lowest BCUT2D eigenvalue weighted by Gasteiger charge is -2.38. The molecule has 0 aromatic heterocycles. The van der Waals surface area contributed by atoms with Crippen molar-refractivity contribution in [3.05, 3.63) is 0 Å². The average molecular weight is 278 g/mol. The maximum absolute atomic E-state index is 12.2. The average Bonchev–Trinajstić information content (AvgIpc) is 2.35. The number of rotatable bonds is 7. The van der Waals surface area contributed by atoms with Gasteiger partial charge < -0.3 is 10.1 Å². The van der Waals surface area contributed by atoms with Crippen LogP contribution in [0.4, 0.5) is 0 Å². The Hall–Kier alpha value is -0.170. The zero-order valence-electron chi connectivity index (χ0n) is 11.7. The van der Waals surface area contributed by atoms with Gasteiger partial charge in [0.2, 0.25) is 10.0 Å². The Morgan fingerprint density at radius 1 is 1.39 bits per heavy atom. The molecule has 0 bridgehead atoms. The summed E-state index contributed by atoms with van der Waals surface area (Å²) < 4.78 is 31.4. The molecule has 0 radical (unpaired) electrons. The predicted octanol–water partition coefficient (Wildman–Crippen LogP) is 0.817. The summed E-state index contributed by atoms with van der Waals surface area (Å²) >= 11 is 0. The van der Waals surface area contributed by atoms with Gasteiger partial charge in [-0.3, -0.25) is 0 Å². The summed E-state index contributed by atoms with van der Waals surface area (Å²) in [6.07, 6.45) is 3.41. The van der Waals surface area contributed by atoms with Crippen molar-refractivity contribution in [2.45, 2.75) is 38.2 Å². The molecule has 0 aliphatic carbocycles. The van der Waals surface area contributed by atoms with E-state index in [2.05, 4.69) is 5.32 Å². The topological polar surface area (TPSA) is 58.6 Å².